The molecule has 0 aromatic heterocycles. The maximum atomic E-state index is 13.5. The van der Waals surface area contributed by atoms with Crippen molar-refractivity contribution in [2.24, 2.45) is 5.92 Å². The third kappa shape index (κ3) is 2.96. The van der Waals surface area contributed by atoms with E-state index in [9.17, 15) is 9.18 Å². The fourth-order valence-electron chi connectivity index (χ4n) is 2.26. The summed E-state index contributed by atoms with van der Waals surface area (Å²) in [6.07, 6.45) is 4.78. The van der Waals surface area contributed by atoms with Gasteiger partial charge in [0.05, 0.1) is 5.56 Å². The van der Waals surface area contributed by atoms with E-state index in [-0.39, 0.29) is 11.5 Å². The lowest BCUT2D eigenvalue weighted by atomic mass is 10.1. The van der Waals surface area contributed by atoms with Crippen LogP contribution in [-0.2, 0) is 0 Å². The molecule has 1 fully saturated rings. The molecule has 1 saturated carbocycles. The Morgan fingerprint density at radius 1 is 1.41 bits per heavy atom. The summed E-state index contributed by atoms with van der Waals surface area (Å²) < 4.78 is 13.5. The average molecular weight is 236 g/mol. The summed E-state index contributed by atoms with van der Waals surface area (Å²) in [5.41, 5.74) is 5.82. The Morgan fingerprint density at radius 3 is 2.76 bits per heavy atom. The van der Waals surface area contributed by atoms with Crippen molar-refractivity contribution in [3.05, 3.63) is 29.6 Å². The van der Waals surface area contributed by atoms with Gasteiger partial charge in [0.2, 0.25) is 0 Å². The minimum absolute atomic E-state index is 0.0668. The number of carbonyl (C=O) groups excluding carboxylic acids is 1. The predicted molar refractivity (Wildman–Crippen MR) is 65.1 cm³/mol. The predicted octanol–water partition coefficient (Wildman–Crippen LogP) is 2.33. The quantitative estimate of drug-likeness (QED) is 0.791. The van der Waals surface area contributed by atoms with Gasteiger partial charge in [-0.25, -0.2) is 4.39 Å². The molecule has 1 aromatic rings. The Labute approximate surface area is 100 Å². The fourth-order valence-corrected chi connectivity index (χ4v) is 2.26. The first-order valence-electron chi connectivity index (χ1n) is 6.00. The Kier molecular flexibility index (Phi) is 3.61. The number of hydrogen-bond donors (Lipinski definition) is 2. The molecule has 1 amide bonds. The van der Waals surface area contributed by atoms with Gasteiger partial charge in [0.15, 0.2) is 0 Å². The highest BCUT2D eigenvalue weighted by Gasteiger charge is 2.17. The lowest BCUT2D eigenvalue weighted by Crippen LogP contribution is -2.29. The number of nitrogen functional groups attached to an aromatic ring is 1. The van der Waals surface area contributed by atoms with Gasteiger partial charge in [-0.05, 0) is 37.0 Å². The number of anilines is 1. The number of carbonyl (C=O) groups is 1. The topological polar surface area (TPSA) is 55.1 Å². The molecule has 4 heteroatoms. The van der Waals surface area contributed by atoms with Gasteiger partial charge in [0.25, 0.3) is 5.91 Å². The summed E-state index contributed by atoms with van der Waals surface area (Å²) >= 11 is 0. The number of amides is 1. The first-order chi connectivity index (χ1) is 8.16. The van der Waals surface area contributed by atoms with Gasteiger partial charge in [-0.2, -0.15) is 0 Å². The third-order valence-electron chi connectivity index (χ3n) is 3.26. The van der Waals surface area contributed by atoms with Crippen LogP contribution >= 0.6 is 0 Å². The van der Waals surface area contributed by atoms with Crippen molar-refractivity contribution >= 4 is 11.6 Å². The van der Waals surface area contributed by atoms with Crippen LogP contribution in [-0.4, -0.2) is 12.5 Å². The molecule has 0 aliphatic heterocycles. The van der Waals surface area contributed by atoms with Crippen LogP contribution in [0.4, 0.5) is 10.1 Å². The van der Waals surface area contributed by atoms with E-state index in [1.807, 2.05) is 0 Å². The van der Waals surface area contributed by atoms with E-state index in [1.165, 1.54) is 31.0 Å². The molecule has 0 atom stereocenters. The molecular formula is C13H17FN2O. The van der Waals surface area contributed by atoms with Crippen molar-refractivity contribution in [1.82, 2.24) is 5.32 Å². The number of halogens is 1. The molecule has 1 aliphatic rings. The number of rotatable bonds is 3. The number of nitrogens with one attached hydrogen (secondary N) is 1. The van der Waals surface area contributed by atoms with E-state index in [1.54, 1.807) is 0 Å². The number of hydrogen-bond acceptors (Lipinski definition) is 2. The minimum atomic E-state index is -0.561. The summed E-state index contributed by atoms with van der Waals surface area (Å²) in [5, 5.41) is 2.78. The maximum absolute atomic E-state index is 13.5. The van der Waals surface area contributed by atoms with Gasteiger partial charge in [-0.3, -0.25) is 4.79 Å². The Balaban J connectivity index is 1.94. The zero-order valence-corrected chi connectivity index (χ0v) is 9.71. The normalized spacial score (nSPS) is 16.1. The van der Waals surface area contributed by atoms with Crippen molar-refractivity contribution < 1.29 is 9.18 Å². The Hall–Kier alpha value is -1.58. The van der Waals surface area contributed by atoms with Gasteiger partial charge in [0, 0.05) is 12.2 Å². The molecule has 0 spiro atoms. The number of benzene rings is 1. The summed E-state index contributed by atoms with van der Waals surface area (Å²) in [7, 11) is 0. The van der Waals surface area contributed by atoms with Crippen LogP contribution in [0.3, 0.4) is 0 Å². The van der Waals surface area contributed by atoms with Crippen molar-refractivity contribution in [3.63, 3.8) is 0 Å². The largest absolute Gasteiger partial charge is 0.399 e. The highest BCUT2D eigenvalue weighted by atomic mass is 19.1. The second-order valence-corrected chi connectivity index (χ2v) is 4.60. The standard InChI is InChI=1S/C13H17FN2O/c14-12-7-10(15)5-6-11(12)13(17)16-8-9-3-1-2-4-9/h5-7,9H,1-4,8,15H2,(H,16,17). The molecule has 17 heavy (non-hydrogen) atoms. The van der Waals surface area contributed by atoms with Crippen molar-refractivity contribution in [3.8, 4) is 0 Å². The highest BCUT2D eigenvalue weighted by Crippen LogP contribution is 2.23. The monoisotopic (exact) mass is 236 g/mol. The molecular weight excluding hydrogens is 219 g/mol. The van der Waals surface area contributed by atoms with E-state index in [0.717, 1.165) is 12.8 Å². The minimum Gasteiger partial charge on any atom is -0.399 e. The molecule has 92 valence electrons. The molecule has 0 bridgehead atoms. The SMILES string of the molecule is Nc1ccc(C(=O)NCC2CCCC2)c(F)c1. The van der Waals surface area contributed by atoms with Crippen LogP contribution in [0.1, 0.15) is 36.0 Å². The van der Waals surface area contributed by atoms with Gasteiger partial charge in [-0.1, -0.05) is 12.8 Å². The molecule has 0 radical (unpaired) electrons. The molecule has 0 heterocycles. The van der Waals surface area contributed by atoms with Crippen molar-refractivity contribution in [2.75, 3.05) is 12.3 Å². The van der Waals surface area contributed by atoms with Gasteiger partial charge < -0.3 is 11.1 Å². The van der Waals surface area contributed by atoms with Gasteiger partial charge >= 0.3 is 0 Å². The molecule has 0 saturated heterocycles. The molecule has 0 unspecified atom stereocenters. The van der Waals surface area contributed by atoms with Gasteiger partial charge in [0.1, 0.15) is 5.82 Å². The lowest BCUT2D eigenvalue weighted by molar-refractivity contribution is 0.0943. The first-order valence-corrected chi connectivity index (χ1v) is 6.00. The summed E-state index contributed by atoms with van der Waals surface area (Å²) in [4.78, 5) is 11.7. The summed E-state index contributed by atoms with van der Waals surface area (Å²) in [6, 6.07) is 4.13. The highest BCUT2D eigenvalue weighted by molar-refractivity contribution is 5.94. The van der Waals surface area contributed by atoms with Crippen LogP contribution in [0, 0.1) is 11.7 Å². The molecule has 2 rings (SSSR count). The zero-order chi connectivity index (χ0) is 12.3. The molecule has 1 aromatic carbocycles. The zero-order valence-electron chi connectivity index (χ0n) is 9.71. The van der Waals surface area contributed by atoms with E-state index < -0.39 is 5.82 Å². The molecule has 3 N–H and O–H groups in total. The first kappa shape index (κ1) is 11.9. The second kappa shape index (κ2) is 5.17. The third-order valence-corrected chi connectivity index (χ3v) is 3.26. The lowest BCUT2D eigenvalue weighted by Gasteiger charge is -2.11. The Bertz CT molecular complexity index is 414. The van der Waals surface area contributed by atoms with Crippen LogP contribution in [0.15, 0.2) is 18.2 Å². The second-order valence-electron chi connectivity index (χ2n) is 4.60. The Morgan fingerprint density at radius 2 is 2.12 bits per heavy atom. The van der Waals surface area contributed by atoms with E-state index in [0.29, 0.717) is 18.2 Å². The van der Waals surface area contributed by atoms with E-state index in [2.05, 4.69) is 5.32 Å². The van der Waals surface area contributed by atoms with Gasteiger partial charge in [-0.15, -0.1) is 0 Å². The fraction of sp³-hybridized carbons (Fsp3) is 0.462. The summed E-state index contributed by atoms with van der Waals surface area (Å²) in [6.45, 7) is 0.642. The maximum Gasteiger partial charge on any atom is 0.254 e. The number of nitrogens with two attached hydrogens (primary N) is 1. The average Bonchev–Trinajstić information content (AvgIpc) is 2.78. The van der Waals surface area contributed by atoms with E-state index >= 15 is 0 Å². The molecule has 3 nitrogen and oxygen atoms in total. The van der Waals surface area contributed by atoms with Crippen LogP contribution in [0.5, 0.6) is 0 Å². The van der Waals surface area contributed by atoms with Crippen LogP contribution in [0.2, 0.25) is 0 Å². The molecule has 1 aliphatic carbocycles. The van der Waals surface area contributed by atoms with Crippen LogP contribution < -0.4 is 11.1 Å². The van der Waals surface area contributed by atoms with Crippen molar-refractivity contribution in [1.29, 1.82) is 0 Å². The van der Waals surface area contributed by atoms with Crippen LogP contribution in [0.25, 0.3) is 0 Å². The van der Waals surface area contributed by atoms with E-state index in [4.69, 9.17) is 5.73 Å². The smallest absolute Gasteiger partial charge is 0.254 e. The summed E-state index contributed by atoms with van der Waals surface area (Å²) in [5.74, 6) is -0.362. The van der Waals surface area contributed by atoms with Crippen molar-refractivity contribution in [2.45, 2.75) is 25.7 Å².